The number of carbonyl (C=O) groups is 3. The average Bonchev–Trinajstić information content (AvgIpc) is 3.33. The predicted octanol–water partition coefficient (Wildman–Crippen LogP) is 18.1. The van der Waals surface area contributed by atoms with Crippen molar-refractivity contribution < 1.29 is 28.6 Å². The quantitative estimate of drug-likeness (QED) is 0.0262. The van der Waals surface area contributed by atoms with E-state index in [1.165, 1.54) is 70.6 Å². The molecule has 1 unspecified atom stereocenters. The molecule has 0 bridgehead atoms. The summed E-state index contributed by atoms with van der Waals surface area (Å²) in [4.78, 5) is 38.0. The van der Waals surface area contributed by atoms with Crippen LogP contribution in [0.15, 0.2) is 122 Å². The molecule has 0 aromatic heterocycles. The number of unbranched alkanes of at least 4 members (excludes halogenated alkanes) is 16. The molecule has 0 aliphatic rings. The smallest absolute Gasteiger partial charge is 0.306 e. The largest absolute Gasteiger partial charge is 0.462 e. The summed E-state index contributed by atoms with van der Waals surface area (Å²) in [5.74, 6) is -1.05. The number of carbonyl (C=O) groups excluding carboxylic acids is 3. The van der Waals surface area contributed by atoms with Gasteiger partial charge in [0.1, 0.15) is 13.2 Å². The Morgan fingerprint density at radius 1 is 0.313 bits per heavy atom. The monoisotopic (exact) mass is 927 g/mol. The second kappa shape index (κ2) is 54.4. The Morgan fingerprint density at radius 3 is 0.985 bits per heavy atom. The fraction of sp³-hybridized carbons (Fsp3) is 0.623. The molecule has 6 heteroatoms. The van der Waals surface area contributed by atoms with Gasteiger partial charge < -0.3 is 14.2 Å². The van der Waals surface area contributed by atoms with E-state index in [0.717, 1.165) is 109 Å². The van der Waals surface area contributed by atoms with E-state index < -0.39 is 12.1 Å². The zero-order valence-electron chi connectivity index (χ0n) is 43.1. The number of ether oxygens (including phenoxy) is 3. The molecule has 0 amide bonds. The summed E-state index contributed by atoms with van der Waals surface area (Å²) in [7, 11) is 0. The Kier molecular flexibility index (Phi) is 51.0. The van der Waals surface area contributed by atoms with E-state index in [4.69, 9.17) is 14.2 Å². The summed E-state index contributed by atoms with van der Waals surface area (Å²) in [6.45, 7) is 6.29. The highest BCUT2D eigenvalue weighted by molar-refractivity contribution is 5.71. The first kappa shape index (κ1) is 62.8. The molecule has 0 spiro atoms. The van der Waals surface area contributed by atoms with E-state index in [1.807, 2.05) is 12.2 Å². The number of rotatable bonds is 47. The minimum absolute atomic E-state index is 0.123. The van der Waals surface area contributed by atoms with Crippen molar-refractivity contribution in [2.75, 3.05) is 13.2 Å². The molecule has 0 aromatic rings. The molecule has 0 aliphatic carbocycles. The lowest BCUT2D eigenvalue weighted by Crippen LogP contribution is -2.30. The van der Waals surface area contributed by atoms with Gasteiger partial charge in [-0.15, -0.1) is 0 Å². The van der Waals surface area contributed by atoms with E-state index in [1.54, 1.807) is 0 Å². The lowest BCUT2D eigenvalue weighted by molar-refractivity contribution is -0.166. The Balaban J connectivity index is 4.43. The van der Waals surface area contributed by atoms with E-state index in [2.05, 4.69) is 130 Å². The Morgan fingerprint density at radius 2 is 0.612 bits per heavy atom. The highest BCUT2D eigenvalue weighted by Crippen LogP contribution is 2.13. The fourth-order valence-electron chi connectivity index (χ4n) is 6.95. The molecule has 6 nitrogen and oxygen atoms in total. The first-order valence-electron chi connectivity index (χ1n) is 27.0. The van der Waals surface area contributed by atoms with Crippen molar-refractivity contribution in [3.63, 3.8) is 0 Å². The molecule has 0 rings (SSSR count). The van der Waals surface area contributed by atoms with Crippen molar-refractivity contribution >= 4 is 17.9 Å². The average molecular weight is 927 g/mol. The van der Waals surface area contributed by atoms with E-state index in [9.17, 15) is 14.4 Å². The van der Waals surface area contributed by atoms with Gasteiger partial charge in [0.15, 0.2) is 6.10 Å². The zero-order valence-corrected chi connectivity index (χ0v) is 43.1. The third-order valence-corrected chi connectivity index (χ3v) is 10.9. The maximum atomic E-state index is 12.8. The standard InChI is InChI=1S/C61H98O6/c1-4-7-10-13-16-19-22-25-26-27-28-29-30-31-32-33-34-37-39-42-45-48-51-54-60(63)66-57-58(67-61(64)55-52-49-46-43-40-36-24-21-18-15-12-9-6-3)56-65-59(62)53-50-47-44-41-38-35-23-20-17-14-11-8-5-2/h8-9,11-12,17-18,20-22,25,27-28,30-31,35-36,38,40,46,49,58H,4-7,10,13-16,19,23-24,26,29,32-34,37,39,41-45,47-48,50-57H2,1-3H3/b11-8-,12-9-,20-17-,21-18-,25-22-,28-27-,31-30-,38-35-,40-36-,49-46-. The van der Waals surface area contributed by atoms with Crippen molar-refractivity contribution in [3.8, 4) is 0 Å². The minimum Gasteiger partial charge on any atom is -0.462 e. The molecular formula is C61H98O6. The normalized spacial score (nSPS) is 13.1. The molecular weight excluding hydrogens is 829 g/mol. The molecule has 0 N–H and O–H groups in total. The second-order valence-corrected chi connectivity index (χ2v) is 17.4. The summed E-state index contributed by atoms with van der Waals surface area (Å²) in [6, 6.07) is 0. The number of esters is 3. The van der Waals surface area contributed by atoms with Crippen LogP contribution in [0.1, 0.15) is 226 Å². The van der Waals surface area contributed by atoms with Crippen molar-refractivity contribution in [1.29, 1.82) is 0 Å². The predicted molar refractivity (Wildman–Crippen MR) is 288 cm³/mol. The molecule has 0 saturated carbocycles. The van der Waals surface area contributed by atoms with E-state index >= 15 is 0 Å². The number of allylic oxidation sites excluding steroid dienone is 20. The van der Waals surface area contributed by atoms with Gasteiger partial charge in [-0.05, 0) is 116 Å². The van der Waals surface area contributed by atoms with Crippen LogP contribution in [0, 0.1) is 0 Å². The van der Waals surface area contributed by atoms with Crippen LogP contribution < -0.4 is 0 Å². The third-order valence-electron chi connectivity index (χ3n) is 10.9. The molecule has 0 heterocycles. The van der Waals surface area contributed by atoms with Crippen LogP contribution in [0.5, 0.6) is 0 Å². The molecule has 0 fully saturated rings. The van der Waals surface area contributed by atoms with Crippen LogP contribution >= 0.6 is 0 Å². The molecule has 0 radical (unpaired) electrons. The van der Waals surface area contributed by atoms with Crippen molar-refractivity contribution in [2.45, 2.75) is 232 Å². The van der Waals surface area contributed by atoms with Crippen molar-refractivity contribution in [2.24, 2.45) is 0 Å². The Labute approximate surface area is 412 Å². The van der Waals surface area contributed by atoms with Crippen LogP contribution in [0.2, 0.25) is 0 Å². The summed E-state index contributed by atoms with van der Waals surface area (Å²) >= 11 is 0. The first-order valence-corrected chi connectivity index (χ1v) is 27.0. The summed E-state index contributed by atoms with van der Waals surface area (Å²) in [6.07, 6.45) is 74.9. The Hall–Kier alpha value is -4.19. The van der Waals surface area contributed by atoms with E-state index in [-0.39, 0.29) is 31.6 Å². The van der Waals surface area contributed by atoms with Gasteiger partial charge in [-0.2, -0.15) is 0 Å². The lowest BCUT2D eigenvalue weighted by Gasteiger charge is -2.18. The van der Waals surface area contributed by atoms with Gasteiger partial charge in [-0.3, -0.25) is 14.4 Å². The summed E-state index contributed by atoms with van der Waals surface area (Å²) < 4.78 is 16.7. The van der Waals surface area contributed by atoms with Gasteiger partial charge in [-0.1, -0.05) is 213 Å². The molecule has 378 valence electrons. The first-order chi connectivity index (χ1) is 33.0. The van der Waals surface area contributed by atoms with Crippen LogP contribution in [0.4, 0.5) is 0 Å². The number of hydrogen-bond donors (Lipinski definition) is 0. The second-order valence-electron chi connectivity index (χ2n) is 17.4. The molecule has 0 aliphatic heterocycles. The molecule has 0 saturated heterocycles. The Bertz CT molecular complexity index is 1440. The van der Waals surface area contributed by atoms with Gasteiger partial charge in [0, 0.05) is 19.3 Å². The molecule has 0 aromatic carbocycles. The van der Waals surface area contributed by atoms with Crippen LogP contribution in [-0.4, -0.2) is 37.2 Å². The highest BCUT2D eigenvalue weighted by atomic mass is 16.6. The topological polar surface area (TPSA) is 78.9 Å². The summed E-state index contributed by atoms with van der Waals surface area (Å²) in [5.41, 5.74) is 0. The van der Waals surface area contributed by atoms with Crippen LogP contribution in [-0.2, 0) is 28.6 Å². The van der Waals surface area contributed by atoms with Crippen molar-refractivity contribution in [3.05, 3.63) is 122 Å². The van der Waals surface area contributed by atoms with Crippen molar-refractivity contribution in [1.82, 2.24) is 0 Å². The van der Waals surface area contributed by atoms with Gasteiger partial charge in [0.05, 0.1) is 0 Å². The van der Waals surface area contributed by atoms with Gasteiger partial charge >= 0.3 is 17.9 Å². The maximum Gasteiger partial charge on any atom is 0.306 e. The third kappa shape index (κ3) is 52.6. The fourth-order valence-corrected chi connectivity index (χ4v) is 6.95. The lowest BCUT2D eigenvalue weighted by atomic mass is 10.1. The summed E-state index contributed by atoms with van der Waals surface area (Å²) in [5, 5.41) is 0. The number of hydrogen-bond acceptors (Lipinski definition) is 6. The molecule has 67 heavy (non-hydrogen) atoms. The van der Waals surface area contributed by atoms with Gasteiger partial charge in [-0.25, -0.2) is 0 Å². The van der Waals surface area contributed by atoms with Crippen LogP contribution in [0.25, 0.3) is 0 Å². The van der Waals surface area contributed by atoms with E-state index in [0.29, 0.717) is 19.3 Å². The minimum atomic E-state index is -0.834. The maximum absolute atomic E-state index is 12.8. The SMILES string of the molecule is CC/C=C\C/C=C\C/C=C\C/C=C\CCC(=O)OC(COC(=O)CCCCC/C=C\C/C=C\C/C=C\CC)COC(=O)CCCCCCCCCC/C=C\C/C=C\C/C=C\CCCCCCC. The molecule has 1 atom stereocenters. The van der Waals surface area contributed by atoms with Gasteiger partial charge in [0.25, 0.3) is 0 Å². The zero-order chi connectivity index (χ0) is 48.6. The van der Waals surface area contributed by atoms with Crippen LogP contribution in [0.3, 0.4) is 0 Å². The van der Waals surface area contributed by atoms with Gasteiger partial charge in [0.2, 0.25) is 0 Å². The highest BCUT2D eigenvalue weighted by Gasteiger charge is 2.19.